The first-order chi connectivity index (χ1) is 6.29. The van der Waals surface area contributed by atoms with Crippen LogP contribution in [0, 0.1) is 0 Å². The molecule has 5 heteroatoms. The van der Waals surface area contributed by atoms with E-state index in [0.29, 0.717) is 19.0 Å². The average Bonchev–Trinajstić information content (AvgIpc) is 2.55. The van der Waals surface area contributed by atoms with Crippen molar-refractivity contribution in [2.75, 3.05) is 6.61 Å². The Hall–Kier alpha value is -1.52. The predicted molar refractivity (Wildman–Crippen MR) is 45.6 cm³/mol. The molecule has 2 N–H and O–H groups in total. The van der Waals surface area contributed by atoms with Crippen molar-refractivity contribution in [1.29, 1.82) is 0 Å². The maximum atomic E-state index is 10.1. The van der Waals surface area contributed by atoms with Crippen LogP contribution in [0.3, 0.4) is 0 Å². The molecule has 5 nitrogen and oxygen atoms in total. The Morgan fingerprint density at radius 3 is 3.08 bits per heavy atom. The molecule has 0 saturated carbocycles. The van der Waals surface area contributed by atoms with Crippen LogP contribution in [0.1, 0.15) is 19.3 Å². The van der Waals surface area contributed by atoms with Crippen LogP contribution < -0.4 is 4.74 Å². The highest BCUT2D eigenvalue weighted by molar-refractivity contribution is 5.66. The largest absolute Gasteiger partial charge is 0.481 e. The van der Waals surface area contributed by atoms with E-state index in [1.807, 2.05) is 0 Å². The number of aromatic nitrogens is 2. The zero-order chi connectivity index (χ0) is 9.52. The number of ether oxygens (including phenoxy) is 1. The fourth-order valence-corrected chi connectivity index (χ4v) is 0.877. The van der Waals surface area contributed by atoms with Crippen molar-refractivity contribution >= 4 is 5.97 Å². The standard InChI is InChI=1S/C8H12N2O3/c11-7(12)3-1-2-6-13-8-9-4-5-10-8/h4-5H,1-3,6H2,(H,9,10)(H,11,12). The van der Waals surface area contributed by atoms with Crippen molar-refractivity contribution < 1.29 is 14.6 Å². The van der Waals surface area contributed by atoms with E-state index >= 15 is 0 Å². The number of nitrogens with zero attached hydrogens (tertiary/aromatic N) is 1. The van der Waals surface area contributed by atoms with Crippen LogP contribution in [0.2, 0.25) is 0 Å². The normalized spacial score (nSPS) is 9.85. The summed E-state index contributed by atoms with van der Waals surface area (Å²) < 4.78 is 5.17. The summed E-state index contributed by atoms with van der Waals surface area (Å²) in [5.74, 6) is -0.766. The summed E-state index contributed by atoms with van der Waals surface area (Å²) in [6.07, 6.45) is 4.84. The number of nitrogens with one attached hydrogen (secondary N) is 1. The number of hydrogen-bond donors (Lipinski definition) is 2. The Balaban J connectivity index is 1.99. The molecule has 0 saturated heterocycles. The highest BCUT2D eigenvalue weighted by Gasteiger charge is 1.97. The third-order valence-corrected chi connectivity index (χ3v) is 1.50. The van der Waals surface area contributed by atoms with Crippen molar-refractivity contribution in [3.63, 3.8) is 0 Å². The summed E-state index contributed by atoms with van der Waals surface area (Å²) in [6, 6.07) is 0.482. The SMILES string of the molecule is O=C(O)CCCCOc1ncc[nH]1. The average molecular weight is 184 g/mol. The first-order valence-corrected chi connectivity index (χ1v) is 4.13. The maximum Gasteiger partial charge on any atom is 0.303 e. The molecule has 1 aromatic heterocycles. The predicted octanol–water partition coefficient (Wildman–Crippen LogP) is 1.04. The molecule has 0 aliphatic carbocycles. The molecule has 1 heterocycles. The van der Waals surface area contributed by atoms with Gasteiger partial charge in [0.25, 0.3) is 6.01 Å². The lowest BCUT2D eigenvalue weighted by Gasteiger charge is -2.00. The summed E-state index contributed by atoms with van der Waals surface area (Å²) >= 11 is 0. The smallest absolute Gasteiger partial charge is 0.303 e. The van der Waals surface area contributed by atoms with Gasteiger partial charge in [-0.3, -0.25) is 4.79 Å². The first-order valence-electron chi connectivity index (χ1n) is 4.13. The zero-order valence-corrected chi connectivity index (χ0v) is 7.19. The van der Waals surface area contributed by atoms with Gasteiger partial charge < -0.3 is 14.8 Å². The van der Waals surface area contributed by atoms with Crippen molar-refractivity contribution in [1.82, 2.24) is 9.97 Å². The molecule has 0 aromatic carbocycles. The van der Waals surface area contributed by atoms with Gasteiger partial charge in [0.1, 0.15) is 0 Å². The highest BCUT2D eigenvalue weighted by atomic mass is 16.5. The lowest BCUT2D eigenvalue weighted by molar-refractivity contribution is -0.137. The lowest BCUT2D eigenvalue weighted by Crippen LogP contribution is -2.01. The van der Waals surface area contributed by atoms with Gasteiger partial charge in [-0.2, -0.15) is 0 Å². The van der Waals surface area contributed by atoms with E-state index in [9.17, 15) is 4.79 Å². The van der Waals surface area contributed by atoms with Crippen LogP contribution in [0.25, 0.3) is 0 Å². The van der Waals surface area contributed by atoms with E-state index in [-0.39, 0.29) is 6.42 Å². The zero-order valence-electron chi connectivity index (χ0n) is 7.19. The second kappa shape index (κ2) is 5.18. The van der Waals surface area contributed by atoms with E-state index in [1.54, 1.807) is 12.4 Å². The fraction of sp³-hybridized carbons (Fsp3) is 0.500. The molecule has 0 spiro atoms. The molecule has 0 fully saturated rings. The van der Waals surface area contributed by atoms with Crippen LogP contribution in [-0.4, -0.2) is 27.7 Å². The first kappa shape index (κ1) is 9.57. The third kappa shape index (κ3) is 4.15. The van der Waals surface area contributed by atoms with Gasteiger partial charge in [0.2, 0.25) is 0 Å². The number of aliphatic carboxylic acids is 1. The van der Waals surface area contributed by atoms with Crippen molar-refractivity contribution in [2.45, 2.75) is 19.3 Å². The number of carboxylic acid groups (broad SMARTS) is 1. The number of aromatic amines is 1. The molecule has 1 rings (SSSR count). The number of hydrogen-bond acceptors (Lipinski definition) is 3. The molecule has 1 aromatic rings. The monoisotopic (exact) mass is 184 g/mol. The molecular formula is C8H12N2O3. The van der Waals surface area contributed by atoms with Crippen LogP contribution in [0.15, 0.2) is 12.4 Å². The lowest BCUT2D eigenvalue weighted by atomic mass is 10.2. The molecule has 0 bridgehead atoms. The third-order valence-electron chi connectivity index (χ3n) is 1.50. The van der Waals surface area contributed by atoms with Gasteiger partial charge in [-0.1, -0.05) is 0 Å². The van der Waals surface area contributed by atoms with Gasteiger partial charge in [0.15, 0.2) is 0 Å². The minimum atomic E-state index is -0.766. The Bertz CT molecular complexity index is 246. The molecule has 72 valence electrons. The van der Waals surface area contributed by atoms with Gasteiger partial charge >= 0.3 is 5.97 Å². The van der Waals surface area contributed by atoms with Crippen LogP contribution in [-0.2, 0) is 4.79 Å². The van der Waals surface area contributed by atoms with Crippen LogP contribution >= 0.6 is 0 Å². The molecule has 0 atom stereocenters. The molecule has 13 heavy (non-hydrogen) atoms. The molecule has 0 amide bonds. The Kier molecular flexibility index (Phi) is 3.81. The summed E-state index contributed by atoms with van der Waals surface area (Å²) in [7, 11) is 0. The van der Waals surface area contributed by atoms with E-state index in [0.717, 1.165) is 6.42 Å². The second-order valence-corrected chi connectivity index (χ2v) is 2.59. The van der Waals surface area contributed by atoms with Gasteiger partial charge in [-0.05, 0) is 12.8 Å². The molecule has 0 unspecified atom stereocenters. The topological polar surface area (TPSA) is 75.2 Å². The number of rotatable bonds is 6. The van der Waals surface area contributed by atoms with E-state index < -0.39 is 5.97 Å². The highest BCUT2D eigenvalue weighted by Crippen LogP contribution is 2.01. The summed E-state index contributed by atoms with van der Waals surface area (Å²) in [6.45, 7) is 0.501. The minimum Gasteiger partial charge on any atom is -0.481 e. The number of H-pyrrole nitrogens is 1. The number of carbonyl (C=O) groups is 1. The van der Waals surface area contributed by atoms with Crippen molar-refractivity contribution in [3.05, 3.63) is 12.4 Å². The fourth-order valence-electron chi connectivity index (χ4n) is 0.877. The van der Waals surface area contributed by atoms with E-state index in [4.69, 9.17) is 9.84 Å². The van der Waals surface area contributed by atoms with Crippen molar-refractivity contribution in [3.8, 4) is 6.01 Å². The van der Waals surface area contributed by atoms with Crippen molar-refractivity contribution in [2.24, 2.45) is 0 Å². The number of imidazole rings is 1. The van der Waals surface area contributed by atoms with Gasteiger partial charge in [0, 0.05) is 18.8 Å². The molecule has 0 aliphatic rings. The summed E-state index contributed by atoms with van der Waals surface area (Å²) in [4.78, 5) is 16.8. The number of unbranched alkanes of at least 4 members (excludes halogenated alkanes) is 1. The minimum absolute atomic E-state index is 0.196. The van der Waals surface area contributed by atoms with Gasteiger partial charge in [-0.15, -0.1) is 0 Å². The van der Waals surface area contributed by atoms with Crippen LogP contribution in [0.4, 0.5) is 0 Å². The molecule has 0 aliphatic heterocycles. The molecule has 0 radical (unpaired) electrons. The van der Waals surface area contributed by atoms with E-state index in [1.165, 1.54) is 0 Å². The number of carboxylic acids is 1. The van der Waals surface area contributed by atoms with E-state index in [2.05, 4.69) is 9.97 Å². The van der Waals surface area contributed by atoms with Gasteiger partial charge in [0.05, 0.1) is 6.61 Å². The summed E-state index contributed by atoms with van der Waals surface area (Å²) in [5, 5.41) is 8.34. The van der Waals surface area contributed by atoms with Crippen LogP contribution in [0.5, 0.6) is 6.01 Å². The Labute approximate surface area is 75.8 Å². The van der Waals surface area contributed by atoms with Gasteiger partial charge in [-0.25, -0.2) is 4.98 Å². The Morgan fingerprint density at radius 2 is 2.46 bits per heavy atom. The molecular weight excluding hydrogens is 172 g/mol. The Morgan fingerprint density at radius 1 is 1.62 bits per heavy atom. The summed E-state index contributed by atoms with van der Waals surface area (Å²) in [5.41, 5.74) is 0. The quantitative estimate of drug-likeness (QED) is 0.648. The second-order valence-electron chi connectivity index (χ2n) is 2.59. The maximum absolute atomic E-state index is 10.1.